The van der Waals surface area contributed by atoms with Crippen LogP contribution in [-0.2, 0) is 12.6 Å². The fourth-order valence-corrected chi connectivity index (χ4v) is 3.06. The van der Waals surface area contributed by atoms with Crippen molar-refractivity contribution in [2.24, 2.45) is 0 Å². The van der Waals surface area contributed by atoms with Crippen LogP contribution >= 0.6 is 0 Å². The third-order valence-corrected chi connectivity index (χ3v) is 4.62. The van der Waals surface area contributed by atoms with E-state index in [9.17, 15) is 13.2 Å². The third-order valence-electron chi connectivity index (χ3n) is 4.62. The molecule has 1 heterocycles. The van der Waals surface area contributed by atoms with Gasteiger partial charge in [0.25, 0.3) is 0 Å². The van der Waals surface area contributed by atoms with E-state index in [1.807, 2.05) is 31.2 Å². The summed E-state index contributed by atoms with van der Waals surface area (Å²) in [5, 5.41) is 0. The maximum atomic E-state index is 13.6. The molecule has 0 fully saturated rings. The van der Waals surface area contributed by atoms with Crippen LogP contribution in [0.15, 0.2) is 60.8 Å². The second kappa shape index (κ2) is 7.95. The van der Waals surface area contributed by atoms with Crippen molar-refractivity contribution < 1.29 is 13.2 Å². The Labute approximate surface area is 157 Å². The number of nitrogens with zero attached hydrogens (tertiary/aromatic N) is 1. The van der Waals surface area contributed by atoms with Crippen molar-refractivity contribution in [1.29, 1.82) is 0 Å². The minimum absolute atomic E-state index is 0.185. The maximum absolute atomic E-state index is 13.6. The number of halogens is 3. The summed E-state index contributed by atoms with van der Waals surface area (Å²) in [4.78, 5) is 4.34. The van der Waals surface area contributed by atoms with Crippen molar-refractivity contribution in [1.82, 2.24) is 4.98 Å². The molecule has 0 bridgehead atoms. The van der Waals surface area contributed by atoms with E-state index in [1.54, 1.807) is 24.4 Å². The van der Waals surface area contributed by atoms with Gasteiger partial charge in [0.2, 0.25) is 0 Å². The zero-order valence-corrected chi connectivity index (χ0v) is 15.5. The molecular formula is C23H22F3N. The van der Waals surface area contributed by atoms with Gasteiger partial charge in [0.05, 0.1) is 11.3 Å². The molecule has 4 heteroatoms. The summed E-state index contributed by atoms with van der Waals surface area (Å²) in [5.74, 6) is 0. The summed E-state index contributed by atoms with van der Waals surface area (Å²) >= 11 is 0. The molecule has 0 radical (unpaired) electrons. The first-order valence-electron chi connectivity index (χ1n) is 9.12. The molecule has 27 heavy (non-hydrogen) atoms. The van der Waals surface area contributed by atoms with Gasteiger partial charge < -0.3 is 0 Å². The Morgan fingerprint density at radius 1 is 0.889 bits per heavy atom. The number of rotatable bonds is 5. The van der Waals surface area contributed by atoms with Gasteiger partial charge in [0, 0.05) is 11.8 Å². The lowest BCUT2D eigenvalue weighted by Gasteiger charge is -2.15. The summed E-state index contributed by atoms with van der Waals surface area (Å²) in [7, 11) is 0. The predicted molar refractivity (Wildman–Crippen MR) is 103 cm³/mol. The van der Waals surface area contributed by atoms with E-state index in [0.717, 1.165) is 36.5 Å². The smallest absolute Gasteiger partial charge is 0.256 e. The van der Waals surface area contributed by atoms with Crippen LogP contribution in [0.4, 0.5) is 13.2 Å². The normalized spacial score (nSPS) is 11.6. The zero-order valence-electron chi connectivity index (χ0n) is 15.5. The number of unbranched alkanes of at least 4 members (excludes halogenated alkanes) is 1. The minimum atomic E-state index is -4.41. The molecular weight excluding hydrogens is 347 g/mol. The summed E-state index contributed by atoms with van der Waals surface area (Å²) in [6, 6.07) is 15.4. The molecule has 2 aromatic carbocycles. The Hall–Kier alpha value is -2.62. The molecule has 0 spiro atoms. The third kappa shape index (κ3) is 4.57. The van der Waals surface area contributed by atoms with Gasteiger partial charge in [-0.1, -0.05) is 49.7 Å². The number of hydrogen-bond donors (Lipinski definition) is 0. The Morgan fingerprint density at radius 2 is 1.59 bits per heavy atom. The molecule has 0 atom stereocenters. The molecule has 1 nitrogen and oxygen atoms in total. The summed E-state index contributed by atoms with van der Waals surface area (Å²) in [6.45, 7) is 4.05. The first kappa shape index (κ1) is 19.2. The number of aromatic nitrogens is 1. The monoisotopic (exact) mass is 369 g/mol. The zero-order chi connectivity index (χ0) is 19.4. The maximum Gasteiger partial charge on any atom is 0.417 e. The van der Waals surface area contributed by atoms with Gasteiger partial charge >= 0.3 is 6.18 Å². The Bertz CT molecular complexity index is 894. The van der Waals surface area contributed by atoms with Gasteiger partial charge in [-0.3, -0.25) is 4.98 Å². The summed E-state index contributed by atoms with van der Waals surface area (Å²) in [5.41, 5.74) is 3.61. The molecule has 0 unspecified atom stereocenters. The van der Waals surface area contributed by atoms with E-state index >= 15 is 0 Å². The summed E-state index contributed by atoms with van der Waals surface area (Å²) in [6.07, 6.45) is 0.411. The highest BCUT2D eigenvalue weighted by molar-refractivity contribution is 5.75. The van der Waals surface area contributed by atoms with Crippen LogP contribution in [0.1, 0.15) is 36.5 Å². The topological polar surface area (TPSA) is 12.9 Å². The lowest BCUT2D eigenvalue weighted by molar-refractivity contribution is -0.137. The van der Waals surface area contributed by atoms with Gasteiger partial charge in [0.1, 0.15) is 0 Å². The van der Waals surface area contributed by atoms with Gasteiger partial charge in [-0.25, -0.2) is 0 Å². The van der Waals surface area contributed by atoms with Gasteiger partial charge in [-0.2, -0.15) is 13.2 Å². The fraction of sp³-hybridized carbons (Fsp3) is 0.261. The number of pyridine rings is 1. The molecule has 3 rings (SSSR count). The van der Waals surface area contributed by atoms with Gasteiger partial charge in [-0.05, 0) is 60.2 Å². The standard InChI is InChI=1S/C23H22F3N/c1-3-4-5-17-7-9-18(10-8-17)20-14-19(11-12-21(20)23(24,25)26)22-13-6-16(2)15-27-22/h6-15H,3-5H2,1-2H3. The highest BCUT2D eigenvalue weighted by Gasteiger charge is 2.33. The van der Waals surface area contributed by atoms with Crippen molar-refractivity contribution in [3.63, 3.8) is 0 Å². The molecule has 0 saturated carbocycles. The number of alkyl halides is 3. The van der Waals surface area contributed by atoms with E-state index in [4.69, 9.17) is 0 Å². The van der Waals surface area contributed by atoms with E-state index in [2.05, 4.69) is 11.9 Å². The number of hydrogen-bond acceptors (Lipinski definition) is 1. The summed E-state index contributed by atoms with van der Waals surface area (Å²) < 4.78 is 40.7. The lowest BCUT2D eigenvalue weighted by Crippen LogP contribution is -2.07. The van der Waals surface area contributed by atoms with Crippen LogP contribution in [0, 0.1) is 6.92 Å². The van der Waals surface area contributed by atoms with E-state index < -0.39 is 11.7 Å². The quantitative estimate of drug-likeness (QED) is 0.468. The van der Waals surface area contributed by atoms with Crippen molar-refractivity contribution in [3.05, 3.63) is 77.5 Å². The molecule has 0 saturated heterocycles. The number of aryl methyl sites for hydroxylation is 2. The van der Waals surface area contributed by atoms with Crippen molar-refractivity contribution in [2.45, 2.75) is 39.3 Å². The first-order chi connectivity index (χ1) is 12.9. The average molecular weight is 369 g/mol. The van der Waals surface area contributed by atoms with Crippen molar-refractivity contribution in [2.75, 3.05) is 0 Å². The largest absolute Gasteiger partial charge is 0.417 e. The van der Waals surface area contributed by atoms with Crippen molar-refractivity contribution >= 4 is 0 Å². The minimum Gasteiger partial charge on any atom is -0.256 e. The molecule has 3 aromatic rings. The van der Waals surface area contributed by atoms with Crippen LogP contribution in [0.2, 0.25) is 0 Å². The van der Waals surface area contributed by atoms with Gasteiger partial charge in [0.15, 0.2) is 0 Å². The van der Waals surface area contributed by atoms with Crippen LogP contribution in [0.3, 0.4) is 0 Å². The Morgan fingerprint density at radius 3 is 2.19 bits per heavy atom. The highest BCUT2D eigenvalue weighted by atomic mass is 19.4. The van der Waals surface area contributed by atoms with Crippen LogP contribution in [-0.4, -0.2) is 4.98 Å². The second-order valence-corrected chi connectivity index (χ2v) is 6.78. The average Bonchev–Trinajstić information content (AvgIpc) is 2.66. The molecule has 0 N–H and O–H groups in total. The van der Waals surface area contributed by atoms with Crippen LogP contribution in [0.5, 0.6) is 0 Å². The Kier molecular flexibility index (Phi) is 5.64. The molecule has 0 aliphatic rings. The SMILES string of the molecule is CCCCc1ccc(-c2cc(-c3ccc(C)cn3)ccc2C(F)(F)F)cc1. The van der Waals surface area contributed by atoms with Crippen molar-refractivity contribution in [3.8, 4) is 22.4 Å². The number of benzene rings is 2. The van der Waals surface area contributed by atoms with E-state index in [0.29, 0.717) is 16.8 Å². The van der Waals surface area contributed by atoms with Gasteiger partial charge in [-0.15, -0.1) is 0 Å². The lowest BCUT2D eigenvalue weighted by atomic mass is 9.94. The van der Waals surface area contributed by atoms with E-state index in [1.165, 1.54) is 6.07 Å². The predicted octanol–water partition coefficient (Wildman–Crippen LogP) is 7.09. The molecule has 1 aromatic heterocycles. The molecule has 0 aliphatic carbocycles. The van der Waals surface area contributed by atoms with Crippen LogP contribution in [0.25, 0.3) is 22.4 Å². The Balaban J connectivity index is 2.05. The molecule has 0 aliphatic heterocycles. The van der Waals surface area contributed by atoms with Crippen LogP contribution < -0.4 is 0 Å². The highest BCUT2D eigenvalue weighted by Crippen LogP contribution is 2.39. The second-order valence-electron chi connectivity index (χ2n) is 6.78. The van der Waals surface area contributed by atoms with E-state index in [-0.39, 0.29) is 5.56 Å². The first-order valence-corrected chi connectivity index (χ1v) is 9.12. The molecule has 140 valence electrons. The molecule has 0 amide bonds. The fourth-order valence-electron chi connectivity index (χ4n) is 3.06.